The van der Waals surface area contributed by atoms with E-state index in [9.17, 15) is 0 Å². The van der Waals surface area contributed by atoms with Gasteiger partial charge in [0.05, 0.1) is 6.61 Å². The average Bonchev–Trinajstić information content (AvgIpc) is 2.77. The summed E-state index contributed by atoms with van der Waals surface area (Å²) in [4.78, 5) is 0. The van der Waals surface area contributed by atoms with Crippen LogP contribution in [-0.2, 0) is 11.3 Å². The SMILES string of the molecule is COCCNCc1noc(-c2ccccc2)c1C. The summed E-state index contributed by atoms with van der Waals surface area (Å²) in [6.07, 6.45) is 0. The number of nitrogens with one attached hydrogen (secondary N) is 1. The average molecular weight is 246 g/mol. The third-order valence-corrected chi connectivity index (χ3v) is 2.83. The van der Waals surface area contributed by atoms with E-state index >= 15 is 0 Å². The van der Waals surface area contributed by atoms with Crippen molar-refractivity contribution in [2.75, 3.05) is 20.3 Å². The maximum absolute atomic E-state index is 5.42. The fourth-order valence-electron chi connectivity index (χ4n) is 1.77. The van der Waals surface area contributed by atoms with Gasteiger partial charge in [-0.3, -0.25) is 0 Å². The maximum atomic E-state index is 5.42. The van der Waals surface area contributed by atoms with Gasteiger partial charge in [0.2, 0.25) is 0 Å². The molecule has 0 unspecified atom stereocenters. The second-order valence-corrected chi connectivity index (χ2v) is 4.12. The van der Waals surface area contributed by atoms with E-state index in [4.69, 9.17) is 9.26 Å². The highest BCUT2D eigenvalue weighted by atomic mass is 16.5. The van der Waals surface area contributed by atoms with Crippen LogP contribution in [0.5, 0.6) is 0 Å². The number of rotatable bonds is 6. The highest BCUT2D eigenvalue weighted by Crippen LogP contribution is 2.25. The lowest BCUT2D eigenvalue weighted by Crippen LogP contribution is -2.19. The van der Waals surface area contributed by atoms with Crippen LogP contribution >= 0.6 is 0 Å². The van der Waals surface area contributed by atoms with Gasteiger partial charge in [0.15, 0.2) is 5.76 Å². The van der Waals surface area contributed by atoms with E-state index in [0.717, 1.165) is 29.1 Å². The van der Waals surface area contributed by atoms with Crippen molar-refractivity contribution in [3.63, 3.8) is 0 Å². The minimum atomic E-state index is 0.697. The number of hydrogen-bond acceptors (Lipinski definition) is 4. The number of hydrogen-bond donors (Lipinski definition) is 1. The fourth-order valence-corrected chi connectivity index (χ4v) is 1.77. The van der Waals surface area contributed by atoms with Crippen molar-refractivity contribution in [3.05, 3.63) is 41.6 Å². The molecule has 18 heavy (non-hydrogen) atoms. The molecule has 0 saturated heterocycles. The lowest BCUT2D eigenvalue weighted by Gasteiger charge is -2.01. The van der Waals surface area contributed by atoms with Gasteiger partial charge < -0.3 is 14.6 Å². The Morgan fingerprint density at radius 3 is 2.78 bits per heavy atom. The van der Waals surface area contributed by atoms with Crippen LogP contribution in [0.15, 0.2) is 34.9 Å². The van der Waals surface area contributed by atoms with E-state index in [1.54, 1.807) is 7.11 Å². The molecule has 2 aromatic rings. The van der Waals surface area contributed by atoms with Crippen LogP contribution in [0.2, 0.25) is 0 Å². The fraction of sp³-hybridized carbons (Fsp3) is 0.357. The van der Waals surface area contributed by atoms with Crippen LogP contribution in [0.1, 0.15) is 11.3 Å². The molecular formula is C14H18N2O2. The summed E-state index contributed by atoms with van der Waals surface area (Å²) < 4.78 is 10.4. The predicted octanol–water partition coefficient (Wildman–Crippen LogP) is 2.39. The summed E-state index contributed by atoms with van der Waals surface area (Å²) in [5.74, 6) is 0.846. The molecule has 0 spiro atoms. The zero-order valence-corrected chi connectivity index (χ0v) is 10.8. The lowest BCUT2D eigenvalue weighted by atomic mass is 10.1. The Kier molecular flexibility index (Phi) is 4.50. The molecule has 0 aliphatic carbocycles. The highest BCUT2D eigenvalue weighted by molar-refractivity contribution is 5.61. The first-order valence-electron chi connectivity index (χ1n) is 6.03. The molecule has 96 valence electrons. The van der Waals surface area contributed by atoms with E-state index in [2.05, 4.69) is 10.5 Å². The second kappa shape index (κ2) is 6.33. The van der Waals surface area contributed by atoms with E-state index < -0.39 is 0 Å². The van der Waals surface area contributed by atoms with Gasteiger partial charge in [-0.05, 0) is 6.92 Å². The van der Waals surface area contributed by atoms with Crippen LogP contribution in [0, 0.1) is 6.92 Å². The van der Waals surface area contributed by atoms with Crippen molar-refractivity contribution in [1.29, 1.82) is 0 Å². The Labute approximate surface area is 107 Å². The molecule has 0 bridgehead atoms. The molecule has 0 atom stereocenters. The van der Waals surface area contributed by atoms with Crippen molar-refractivity contribution >= 4 is 0 Å². The Morgan fingerprint density at radius 2 is 2.06 bits per heavy atom. The van der Waals surface area contributed by atoms with Gasteiger partial charge in [-0.2, -0.15) is 0 Å². The van der Waals surface area contributed by atoms with E-state index in [0.29, 0.717) is 13.2 Å². The van der Waals surface area contributed by atoms with Gasteiger partial charge in [0, 0.05) is 31.3 Å². The van der Waals surface area contributed by atoms with Gasteiger partial charge in [0.1, 0.15) is 5.69 Å². The lowest BCUT2D eigenvalue weighted by molar-refractivity contribution is 0.199. The Hall–Kier alpha value is -1.65. The molecule has 0 amide bonds. The summed E-state index contributed by atoms with van der Waals surface area (Å²) in [6, 6.07) is 10.0. The van der Waals surface area contributed by atoms with E-state index in [1.165, 1.54) is 0 Å². The minimum Gasteiger partial charge on any atom is -0.383 e. The highest BCUT2D eigenvalue weighted by Gasteiger charge is 2.12. The first kappa shape index (κ1) is 12.8. The van der Waals surface area contributed by atoms with Crippen molar-refractivity contribution in [3.8, 4) is 11.3 Å². The summed E-state index contributed by atoms with van der Waals surface area (Å²) in [5.41, 5.74) is 3.10. The van der Waals surface area contributed by atoms with Crippen LogP contribution in [0.3, 0.4) is 0 Å². The Morgan fingerprint density at radius 1 is 1.28 bits per heavy atom. The van der Waals surface area contributed by atoms with Gasteiger partial charge in [-0.15, -0.1) is 0 Å². The summed E-state index contributed by atoms with van der Waals surface area (Å²) >= 11 is 0. The van der Waals surface area contributed by atoms with Crippen LogP contribution < -0.4 is 5.32 Å². The number of methoxy groups -OCH3 is 1. The summed E-state index contributed by atoms with van der Waals surface area (Å²) in [7, 11) is 1.69. The predicted molar refractivity (Wildman–Crippen MR) is 70.3 cm³/mol. The van der Waals surface area contributed by atoms with Gasteiger partial charge in [0.25, 0.3) is 0 Å². The monoisotopic (exact) mass is 246 g/mol. The molecule has 0 aliphatic heterocycles. The molecule has 1 aromatic carbocycles. The summed E-state index contributed by atoms with van der Waals surface area (Å²) in [5, 5.41) is 7.37. The number of nitrogens with zero attached hydrogens (tertiary/aromatic N) is 1. The Balaban J connectivity index is 2.05. The number of ether oxygens (including phenoxy) is 1. The zero-order chi connectivity index (χ0) is 12.8. The molecule has 1 heterocycles. The molecule has 0 radical (unpaired) electrons. The normalized spacial score (nSPS) is 10.8. The summed E-state index contributed by atoms with van der Waals surface area (Å²) in [6.45, 7) is 4.24. The smallest absolute Gasteiger partial charge is 0.170 e. The molecule has 0 fully saturated rings. The van der Waals surface area contributed by atoms with Crippen molar-refractivity contribution in [2.45, 2.75) is 13.5 Å². The van der Waals surface area contributed by atoms with Crippen LogP contribution in [0.25, 0.3) is 11.3 Å². The van der Waals surface area contributed by atoms with E-state index in [1.807, 2.05) is 37.3 Å². The van der Waals surface area contributed by atoms with Crippen molar-refractivity contribution < 1.29 is 9.26 Å². The largest absolute Gasteiger partial charge is 0.383 e. The topological polar surface area (TPSA) is 47.3 Å². The number of benzene rings is 1. The van der Waals surface area contributed by atoms with Crippen molar-refractivity contribution in [2.24, 2.45) is 0 Å². The molecule has 0 saturated carbocycles. The molecule has 2 rings (SSSR count). The Bertz CT molecular complexity index is 480. The van der Waals surface area contributed by atoms with Crippen LogP contribution in [-0.4, -0.2) is 25.4 Å². The van der Waals surface area contributed by atoms with Crippen molar-refractivity contribution in [1.82, 2.24) is 10.5 Å². The molecular weight excluding hydrogens is 228 g/mol. The molecule has 4 heteroatoms. The van der Waals surface area contributed by atoms with Gasteiger partial charge in [-0.25, -0.2) is 0 Å². The first-order valence-corrected chi connectivity index (χ1v) is 6.03. The zero-order valence-electron chi connectivity index (χ0n) is 10.8. The van der Waals surface area contributed by atoms with Gasteiger partial charge >= 0.3 is 0 Å². The molecule has 1 N–H and O–H groups in total. The van der Waals surface area contributed by atoms with E-state index in [-0.39, 0.29) is 0 Å². The quantitative estimate of drug-likeness (QED) is 0.795. The standard InChI is InChI=1S/C14H18N2O2/c1-11-13(10-15-8-9-17-2)16-18-14(11)12-6-4-3-5-7-12/h3-7,15H,8-10H2,1-2H3. The minimum absolute atomic E-state index is 0.697. The molecule has 4 nitrogen and oxygen atoms in total. The molecule has 0 aliphatic rings. The third-order valence-electron chi connectivity index (χ3n) is 2.83. The molecule has 1 aromatic heterocycles. The van der Waals surface area contributed by atoms with Gasteiger partial charge in [-0.1, -0.05) is 35.5 Å². The second-order valence-electron chi connectivity index (χ2n) is 4.12. The third kappa shape index (κ3) is 2.97. The maximum Gasteiger partial charge on any atom is 0.170 e. The first-order chi connectivity index (χ1) is 8.83. The number of aromatic nitrogens is 1. The van der Waals surface area contributed by atoms with Crippen LogP contribution in [0.4, 0.5) is 0 Å².